The molecule has 0 aliphatic carbocycles. The third-order valence-corrected chi connectivity index (χ3v) is 2.94. The summed E-state index contributed by atoms with van der Waals surface area (Å²) >= 11 is 0. The lowest BCUT2D eigenvalue weighted by Crippen LogP contribution is -2.11. The molecule has 2 aromatic carbocycles. The van der Waals surface area contributed by atoms with E-state index in [4.69, 9.17) is 15.7 Å². The number of ether oxygens (including phenoxy) is 1. The predicted molar refractivity (Wildman–Crippen MR) is 72.1 cm³/mol. The maximum Gasteiger partial charge on any atom is 0.416 e. The number of benzene rings is 2. The molecular formula is C15H8F6N2O. The molecule has 0 aromatic heterocycles. The normalized spacial score (nSPS) is 11.9. The van der Waals surface area contributed by atoms with Crippen molar-refractivity contribution < 1.29 is 31.1 Å². The van der Waals surface area contributed by atoms with Crippen LogP contribution in [-0.2, 0) is 12.4 Å². The van der Waals surface area contributed by atoms with E-state index in [-0.39, 0.29) is 23.1 Å². The van der Waals surface area contributed by atoms with Crippen LogP contribution in [0.15, 0.2) is 36.4 Å². The van der Waals surface area contributed by atoms with Crippen LogP contribution in [0.25, 0.3) is 0 Å². The van der Waals surface area contributed by atoms with Gasteiger partial charge in [-0.3, -0.25) is 0 Å². The molecule has 0 fully saturated rings. The van der Waals surface area contributed by atoms with Crippen LogP contribution in [-0.4, -0.2) is 0 Å². The van der Waals surface area contributed by atoms with Crippen molar-refractivity contribution in [2.75, 3.05) is 5.73 Å². The molecule has 0 saturated heterocycles. The van der Waals surface area contributed by atoms with Gasteiger partial charge in [0.1, 0.15) is 17.6 Å². The van der Waals surface area contributed by atoms with Crippen LogP contribution >= 0.6 is 0 Å². The Morgan fingerprint density at radius 3 is 1.83 bits per heavy atom. The van der Waals surface area contributed by atoms with Gasteiger partial charge in [0.15, 0.2) is 0 Å². The van der Waals surface area contributed by atoms with Crippen molar-refractivity contribution in [1.82, 2.24) is 0 Å². The van der Waals surface area contributed by atoms with Crippen LogP contribution < -0.4 is 10.5 Å². The first kappa shape index (κ1) is 17.5. The van der Waals surface area contributed by atoms with Crippen molar-refractivity contribution in [2.45, 2.75) is 12.4 Å². The number of nitrogens with zero attached hydrogens (tertiary/aromatic N) is 1. The molecule has 126 valence electrons. The second-order valence-corrected chi connectivity index (χ2v) is 4.70. The number of nitrogens with two attached hydrogens (primary N) is 1. The fraction of sp³-hybridized carbons (Fsp3) is 0.133. The maximum atomic E-state index is 12.8. The lowest BCUT2D eigenvalue weighted by Gasteiger charge is -2.15. The van der Waals surface area contributed by atoms with Crippen molar-refractivity contribution in [2.24, 2.45) is 0 Å². The molecule has 0 aliphatic heterocycles. The molecule has 0 atom stereocenters. The van der Waals surface area contributed by atoms with E-state index in [1.165, 1.54) is 12.1 Å². The fourth-order valence-electron chi connectivity index (χ4n) is 1.82. The van der Waals surface area contributed by atoms with Gasteiger partial charge in [0.2, 0.25) is 0 Å². The lowest BCUT2D eigenvalue weighted by atomic mass is 10.1. The second-order valence-electron chi connectivity index (χ2n) is 4.70. The van der Waals surface area contributed by atoms with Gasteiger partial charge in [0, 0.05) is 11.8 Å². The van der Waals surface area contributed by atoms with E-state index in [0.29, 0.717) is 12.1 Å². The monoisotopic (exact) mass is 346 g/mol. The predicted octanol–water partition coefficient (Wildman–Crippen LogP) is 4.97. The van der Waals surface area contributed by atoms with Gasteiger partial charge in [0.25, 0.3) is 0 Å². The smallest absolute Gasteiger partial charge is 0.416 e. The van der Waals surface area contributed by atoms with Crippen LogP contribution in [0.4, 0.5) is 32.0 Å². The summed E-state index contributed by atoms with van der Waals surface area (Å²) in [6.45, 7) is 0. The quantitative estimate of drug-likeness (QED) is 0.617. The Morgan fingerprint density at radius 1 is 0.833 bits per heavy atom. The molecule has 0 amide bonds. The lowest BCUT2D eigenvalue weighted by molar-refractivity contribution is -0.143. The molecular weight excluding hydrogens is 338 g/mol. The number of anilines is 1. The first-order valence-electron chi connectivity index (χ1n) is 6.27. The SMILES string of the molecule is N#Cc1cc(Oc2cc(C(F)(F)F)cc(C(F)(F)F)c2)ccc1N. The van der Waals surface area contributed by atoms with Crippen molar-refractivity contribution in [3.63, 3.8) is 0 Å². The van der Waals surface area contributed by atoms with Crippen LogP contribution in [0.1, 0.15) is 16.7 Å². The van der Waals surface area contributed by atoms with Crippen molar-refractivity contribution in [3.8, 4) is 17.6 Å². The molecule has 3 nitrogen and oxygen atoms in total. The van der Waals surface area contributed by atoms with Crippen LogP contribution in [0.2, 0.25) is 0 Å². The first-order valence-corrected chi connectivity index (χ1v) is 6.27. The number of hydrogen-bond acceptors (Lipinski definition) is 3. The molecule has 0 radical (unpaired) electrons. The Hall–Kier alpha value is -2.89. The number of nitriles is 1. The maximum absolute atomic E-state index is 12.8. The molecule has 24 heavy (non-hydrogen) atoms. The summed E-state index contributed by atoms with van der Waals surface area (Å²) in [5.74, 6) is -0.779. The summed E-state index contributed by atoms with van der Waals surface area (Å²) in [5, 5.41) is 8.83. The molecule has 0 spiro atoms. The summed E-state index contributed by atoms with van der Waals surface area (Å²) < 4.78 is 81.6. The fourth-order valence-corrected chi connectivity index (χ4v) is 1.82. The summed E-state index contributed by atoms with van der Waals surface area (Å²) in [5.41, 5.74) is 2.57. The average molecular weight is 346 g/mol. The average Bonchev–Trinajstić information content (AvgIpc) is 2.47. The number of nitrogen functional groups attached to an aromatic ring is 1. The molecule has 9 heteroatoms. The van der Waals surface area contributed by atoms with Crippen LogP contribution in [0.3, 0.4) is 0 Å². The van der Waals surface area contributed by atoms with Crippen molar-refractivity contribution in [3.05, 3.63) is 53.1 Å². The van der Waals surface area contributed by atoms with Gasteiger partial charge in [0.05, 0.1) is 16.7 Å². The molecule has 2 N–H and O–H groups in total. The highest BCUT2D eigenvalue weighted by atomic mass is 19.4. The number of rotatable bonds is 2. The zero-order valence-corrected chi connectivity index (χ0v) is 11.7. The minimum absolute atomic E-state index is 0.00342. The highest BCUT2D eigenvalue weighted by Gasteiger charge is 2.37. The minimum atomic E-state index is -4.97. The van der Waals surface area contributed by atoms with E-state index >= 15 is 0 Å². The minimum Gasteiger partial charge on any atom is -0.457 e. The highest BCUT2D eigenvalue weighted by Crippen LogP contribution is 2.39. The number of halogens is 6. The van der Waals surface area contributed by atoms with E-state index in [1.54, 1.807) is 6.07 Å². The van der Waals surface area contributed by atoms with Gasteiger partial charge in [-0.25, -0.2) is 0 Å². The Bertz CT molecular complexity index is 773. The number of alkyl halides is 6. The van der Waals surface area contributed by atoms with Gasteiger partial charge in [-0.2, -0.15) is 31.6 Å². The third kappa shape index (κ3) is 3.90. The highest BCUT2D eigenvalue weighted by molar-refractivity contribution is 5.57. The third-order valence-electron chi connectivity index (χ3n) is 2.94. The Morgan fingerprint density at radius 2 is 1.38 bits per heavy atom. The van der Waals surface area contributed by atoms with Gasteiger partial charge < -0.3 is 10.5 Å². The van der Waals surface area contributed by atoms with Crippen LogP contribution in [0, 0.1) is 11.3 Å². The van der Waals surface area contributed by atoms with E-state index in [9.17, 15) is 26.3 Å². The van der Waals surface area contributed by atoms with E-state index in [2.05, 4.69) is 0 Å². The Balaban J connectivity index is 2.48. The summed E-state index contributed by atoms with van der Waals surface area (Å²) in [4.78, 5) is 0. The van der Waals surface area contributed by atoms with E-state index in [1.807, 2.05) is 0 Å². The van der Waals surface area contributed by atoms with Gasteiger partial charge in [-0.05, 0) is 30.3 Å². The molecule has 2 rings (SSSR count). The van der Waals surface area contributed by atoms with Crippen LogP contribution in [0.5, 0.6) is 11.5 Å². The molecule has 0 saturated carbocycles. The Kier molecular flexibility index (Phi) is 4.34. The van der Waals surface area contributed by atoms with Crippen molar-refractivity contribution in [1.29, 1.82) is 5.26 Å². The standard InChI is InChI=1S/C15H8F6N2O/c16-14(17,18)9-4-10(15(19,20)21)6-12(5-9)24-11-1-2-13(23)8(3-11)7-22/h1-6H,23H2. The van der Waals surface area contributed by atoms with Gasteiger partial charge >= 0.3 is 12.4 Å². The molecule has 2 aromatic rings. The topological polar surface area (TPSA) is 59.0 Å². The first-order chi connectivity index (χ1) is 11.0. The summed E-state index contributed by atoms with van der Waals surface area (Å²) in [6.07, 6.45) is -9.95. The zero-order valence-electron chi connectivity index (χ0n) is 11.7. The molecule has 0 bridgehead atoms. The van der Waals surface area contributed by atoms with Crippen molar-refractivity contribution >= 4 is 5.69 Å². The molecule has 0 heterocycles. The largest absolute Gasteiger partial charge is 0.457 e. The zero-order chi connectivity index (χ0) is 18.1. The van der Waals surface area contributed by atoms with E-state index < -0.39 is 29.2 Å². The number of hydrogen-bond donors (Lipinski definition) is 1. The Labute approximate surface area is 131 Å². The van der Waals surface area contributed by atoms with Gasteiger partial charge in [-0.15, -0.1) is 0 Å². The van der Waals surface area contributed by atoms with E-state index in [0.717, 1.165) is 6.07 Å². The second kappa shape index (κ2) is 5.96. The van der Waals surface area contributed by atoms with Gasteiger partial charge in [-0.1, -0.05) is 0 Å². The molecule has 0 aliphatic rings. The summed E-state index contributed by atoms with van der Waals surface area (Å²) in [7, 11) is 0. The summed E-state index contributed by atoms with van der Waals surface area (Å²) in [6, 6.07) is 6.20. The molecule has 0 unspecified atom stereocenters.